The summed E-state index contributed by atoms with van der Waals surface area (Å²) < 4.78 is 1.63. The molecule has 5 nitrogen and oxygen atoms in total. The van der Waals surface area contributed by atoms with Crippen molar-refractivity contribution in [2.45, 2.75) is 58.3 Å². The van der Waals surface area contributed by atoms with E-state index in [4.69, 9.17) is 0 Å². The third kappa shape index (κ3) is 5.33. The molecule has 0 fully saturated rings. The maximum absolute atomic E-state index is 12.6. The fourth-order valence-corrected chi connectivity index (χ4v) is 3.51. The van der Waals surface area contributed by atoms with Gasteiger partial charge in [0.15, 0.2) is 5.16 Å². The van der Waals surface area contributed by atoms with E-state index in [-0.39, 0.29) is 23.3 Å². The van der Waals surface area contributed by atoms with Crippen LogP contribution in [0.15, 0.2) is 34.2 Å². The molecular weight excluding hydrogens is 334 g/mol. The number of benzene rings is 1. The van der Waals surface area contributed by atoms with Crippen LogP contribution in [0.2, 0.25) is 0 Å². The molecular formula is C19H27N3O2S. The molecule has 1 heterocycles. The molecule has 2 rings (SSSR count). The predicted octanol–water partition coefficient (Wildman–Crippen LogP) is 3.45. The van der Waals surface area contributed by atoms with Gasteiger partial charge in [-0.25, -0.2) is 4.98 Å². The van der Waals surface area contributed by atoms with Crippen molar-refractivity contribution in [1.29, 1.82) is 0 Å². The number of carbonyl (C=O) groups is 1. The highest BCUT2D eigenvalue weighted by atomic mass is 32.2. The molecule has 0 aliphatic carbocycles. The lowest BCUT2D eigenvalue weighted by Gasteiger charge is -2.15. The standard InChI is InChI=1S/C19H27N3O2S/c1-5-22-18(24)15-8-6-7-9-16(15)21-19(22)25-12-17(23)20-14(4)11-10-13(2)3/h6-9,13-14H,5,10-12H2,1-4H3,(H,20,23)/t14-/m1/s1. The lowest BCUT2D eigenvalue weighted by atomic mass is 10.0. The van der Waals surface area contributed by atoms with Crippen LogP contribution in [0.25, 0.3) is 10.9 Å². The van der Waals surface area contributed by atoms with E-state index in [2.05, 4.69) is 24.1 Å². The van der Waals surface area contributed by atoms with E-state index in [1.54, 1.807) is 10.6 Å². The third-order valence-corrected chi connectivity index (χ3v) is 5.04. The maximum atomic E-state index is 12.6. The van der Waals surface area contributed by atoms with E-state index in [0.29, 0.717) is 28.5 Å². The van der Waals surface area contributed by atoms with E-state index in [1.807, 2.05) is 32.0 Å². The molecule has 2 aromatic rings. The zero-order chi connectivity index (χ0) is 18.4. The minimum Gasteiger partial charge on any atom is -0.353 e. The molecule has 136 valence electrons. The number of para-hydroxylation sites is 1. The number of nitrogens with one attached hydrogen (secondary N) is 1. The Kier molecular flexibility index (Phi) is 7.05. The Hall–Kier alpha value is -1.82. The Labute approximate surface area is 153 Å². The first kappa shape index (κ1) is 19.5. The molecule has 6 heteroatoms. The van der Waals surface area contributed by atoms with Gasteiger partial charge in [-0.05, 0) is 44.7 Å². The molecule has 25 heavy (non-hydrogen) atoms. The van der Waals surface area contributed by atoms with Gasteiger partial charge in [0.2, 0.25) is 5.91 Å². The summed E-state index contributed by atoms with van der Waals surface area (Å²) in [4.78, 5) is 29.3. The fraction of sp³-hybridized carbons (Fsp3) is 0.526. The van der Waals surface area contributed by atoms with Crippen molar-refractivity contribution in [3.8, 4) is 0 Å². The molecule has 1 aromatic carbocycles. The van der Waals surface area contributed by atoms with Gasteiger partial charge >= 0.3 is 0 Å². The van der Waals surface area contributed by atoms with Gasteiger partial charge in [-0.1, -0.05) is 37.7 Å². The quantitative estimate of drug-likeness (QED) is 0.578. The smallest absolute Gasteiger partial charge is 0.262 e. The fourth-order valence-electron chi connectivity index (χ4n) is 2.64. The third-order valence-electron chi connectivity index (χ3n) is 4.06. The Bertz CT molecular complexity index is 786. The number of nitrogens with zero attached hydrogens (tertiary/aromatic N) is 2. The van der Waals surface area contributed by atoms with Crippen LogP contribution in [0.4, 0.5) is 0 Å². The molecule has 0 bridgehead atoms. The molecule has 1 N–H and O–H groups in total. The average Bonchev–Trinajstić information content (AvgIpc) is 2.58. The van der Waals surface area contributed by atoms with Gasteiger partial charge in [-0.3, -0.25) is 14.2 Å². The van der Waals surface area contributed by atoms with Crippen molar-refractivity contribution >= 4 is 28.6 Å². The number of fused-ring (bicyclic) bond motifs is 1. The molecule has 0 saturated carbocycles. The van der Waals surface area contributed by atoms with Gasteiger partial charge in [-0.2, -0.15) is 0 Å². The van der Waals surface area contributed by atoms with Crippen molar-refractivity contribution < 1.29 is 4.79 Å². The highest BCUT2D eigenvalue weighted by Gasteiger charge is 2.13. The van der Waals surface area contributed by atoms with Crippen LogP contribution in [0.5, 0.6) is 0 Å². The second-order valence-corrected chi connectivity index (χ2v) is 7.63. The average molecular weight is 362 g/mol. The van der Waals surface area contributed by atoms with Crippen LogP contribution in [-0.2, 0) is 11.3 Å². The highest BCUT2D eigenvalue weighted by Crippen LogP contribution is 2.17. The molecule has 0 spiro atoms. The van der Waals surface area contributed by atoms with Crippen LogP contribution in [-0.4, -0.2) is 27.3 Å². The van der Waals surface area contributed by atoms with Crippen molar-refractivity contribution in [3.05, 3.63) is 34.6 Å². The summed E-state index contributed by atoms with van der Waals surface area (Å²) in [5, 5.41) is 4.23. The lowest BCUT2D eigenvalue weighted by Crippen LogP contribution is -2.34. The van der Waals surface area contributed by atoms with Crippen LogP contribution in [0.1, 0.15) is 40.5 Å². The topological polar surface area (TPSA) is 64.0 Å². The summed E-state index contributed by atoms with van der Waals surface area (Å²) in [6, 6.07) is 7.48. The summed E-state index contributed by atoms with van der Waals surface area (Å²) in [5.41, 5.74) is 0.617. The predicted molar refractivity (Wildman–Crippen MR) is 104 cm³/mol. The minimum atomic E-state index is -0.0543. The number of thioether (sulfide) groups is 1. The highest BCUT2D eigenvalue weighted by molar-refractivity contribution is 7.99. The zero-order valence-corrected chi connectivity index (χ0v) is 16.2. The van der Waals surface area contributed by atoms with Crippen LogP contribution < -0.4 is 10.9 Å². The normalized spacial score (nSPS) is 12.5. The first-order chi connectivity index (χ1) is 11.9. The molecule has 0 saturated heterocycles. The van der Waals surface area contributed by atoms with Crippen molar-refractivity contribution in [2.75, 3.05) is 5.75 Å². The molecule has 1 atom stereocenters. The van der Waals surface area contributed by atoms with Gasteiger partial charge in [0.1, 0.15) is 0 Å². The van der Waals surface area contributed by atoms with Gasteiger partial charge in [0, 0.05) is 12.6 Å². The number of aromatic nitrogens is 2. The van der Waals surface area contributed by atoms with E-state index in [1.165, 1.54) is 11.8 Å². The number of hydrogen-bond donors (Lipinski definition) is 1. The molecule has 1 aromatic heterocycles. The molecule has 0 unspecified atom stereocenters. The monoisotopic (exact) mass is 361 g/mol. The van der Waals surface area contributed by atoms with Crippen LogP contribution >= 0.6 is 11.8 Å². The second-order valence-electron chi connectivity index (χ2n) is 6.69. The number of hydrogen-bond acceptors (Lipinski definition) is 4. The van der Waals surface area contributed by atoms with Crippen molar-refractivity contribution in [2.24, 2.45) is 5.92 Å². The van der Waals surface area contributed by atoms with Gasteiger partial charge < -0.3 is 5.32 Å². The van der Waals surface area contributed by atoms with E-state index in [0.717, 1.165) is 12.8 Å². The lowest BCUT2D eigenvalue weighted by molar-refractivity contribution is -0.119. The van der Waals surface area contributed by atoms with Crippen LogP contribution in [0, 0.1) is 5.92 Å². The summed E-state index contributed by atoms with van der Waals surface area (Å²) >= 11 is 1.31. The number of amides is 1. The van der Waals surface area contributed by atoms with E-state index in [9.17, 15) is 9.59 Å². The van der Waals surface area contributed by atoms with E-state index >= 15 is 0 Å². The first-order valence-electron chi connectivity index (χ1n) is 8.84. The van der Waals surface area contributed by atoms with Gasteiger partial charge in [0.25, 0.3) is 5.56 Å². The maximum Gasteiger partial charge on any atom is 0.262 e. The zero-order valence-electron chi connectivity index (χ0n) is 15.4. The first-order valence-corrected chi connectivity index (χ1v) is 9.82. The summed E-state index contributed by atoms with van der Waals surface area (Å²) in [7, 11) is 0. The summed E-state index contributed by atoms with van der Waals surface area (Å²) in [6.45, 7) is 8.84. The number of carbonyl (C=O) groups excluding carboxylic acids is 1. The molecule has 1 amide bonds. The second kappa shape index (κ2) is 9.04. The number of rotatable bonds is 8. The van der Waals surface area contributed by atoms with Crippen molar-refractivity contribution in [3.63, 3.8) is 0 Å². The molecule has 0 aliphatic rings. The SMILES string of the molecule is CCn1c(SCC(=O)N[C@H](C)CCC(C)C)nc2ccccc2c1=O. The van der Waals surface area contributed by atoms with Crippen LogP contribution in [0.3, 0.4) is 0 Å². The van der Waals surface area contributed by atoms with E-state index < -0.39 is 0 Å². The molecule has 0 aliphatic heterocycles. The minimum absolute atomic E-state index is 0.0219. The largest absolute Gasteiger partial charge is 0.353 e. The van der Waals surface area contributed by atoms with Crippen molar-refractivity contribution in [1.82, 2.24) is 14.9 Å². The van der Waals surface area contributed by atoms with Gasteiger partial charge in [-0.15, -0.1) is 0 Å². The Morgan fingerprint density at radius 2 is 1.96 bits per heavy atom. The molecule has 0 radical (unpaired) electrons. The Morgan fingerprint density at radius 1 is 1.24 bits per heavy atom. The Balaban J connectivity index is 2.05. The summed E-state index contributed by atoms with van der Waals surface area (Å²) in [6.07, 6.45) is 2.07. The van der Waals surface area contributed by atoms with Gasteiger partial charge in [0.05, 0.1) is 16.7 Å². The summed E-state index contributed by atoms with van der Waals surface area (Å²) in [5.74, 6) is 0.873. The Morgan fingerprint density at radius 3 is 2.64 bits per heavy atom.